The van der Waals surface area contributed by atoms with Crippen molar-refractivity contribution in [3.8, 4) is 0 Å². The van der Waals surface area contributed by atoms with E-state index in [9.17, 15) is 13.2 Å². The molecule has 0 saturated carbocycles. The molecule has 0 aliphatic carbocycles. The van der Waals surface area contributed by atoms with E-state index < -0.39 is 10.0 Å². The SMILES string of the molecule is CCN(c1ccc(C(=O)N2CCC(C)CC2)cc1)S(=O)(=O)c1ccccc1. The van der Waals surface area contributed by atoms with Gasteiger partial charge in [-0.05, 0) is 62.1 Å². The Morgan fingerprint density at radius 1 is 1.04 bits per heavy atom. The van der Waals surface area contributed by atoms with Gasteiger partial charge in [-0.25, -0.2) is 8.42 Å². The molecular weight excluding hydrogens is 360 g/mol. The molecule has 0 aromatic heterocycles. The molecular formula is C21H26N2O3S. The molecule has 1 amide bonds. The number of likely N-dealkylation sites (tertiary alicyclic amines) is 1. The zero-order valence-corrected chi connectivity index (χ0v) is 16.7. The first-order chi connectivity index (χ1) is 12.9. The van der Waals surface area contributed by atoms with Crippen LogP contribution in [0.2, 0.25) is 0 Å². The van der Waals surface area contributed by atoms with Crippen LogP contribution in [0.25, 0.3) is 0 Å². The van der Waals surface area contributed by atoms with Crippen LogP contribution in [0.3, 0.4) is 0 Å². The number of carbonyl (C=O) groups is 1. The van der Waals surface area contributed by atoms with Gasteiger partial charge in [0.25, 0.3) is 15.9 Å². The molecule has 0 N–H and O–H groups in total. The smallest absolute Gasteiger partial charge is 0.264 e. The summed E-state index contributed by atoms with van der Waals surface area (Å²) in [5.74, 6) is 0.681. The van der Waals surface area contributed by atoms with Gasteiger partial charge in [0.15, 0.2) is 0 Å². The van der Waals surface area contributed by atoms with Crippen molar-refractivity contribution >= 4 is 21.6 Å². The van der Waals surface area contributed by atoms with Crippen LogP contribution in [-0.4, -0.2) is 38.9 Å². The molecule has 3 rings (SSSR count). The first-order valence-corrected chi connectivity index (χ1v) is 10.8. The monoisotopic (exact) mass is 386 g/mol. The summed E-state index contributed by atoms with van der Waals surface area (Å²) in [7, 11) is -3.63. The van der Waals surface area contributed by atoms with Crippen molar-refractivity contribution in [1.29, 1.82) is 0 Å². The summed E-state index contributed by atoms with van der Waals surface area (Å²) in [6, 6.07) is 15.3. The Hall–Kier alpha value is -2.34. The minimum atomic E-state index is -3.63. The van der Waals surface area contributed by atoms with E-state index in [0.29, 0.717) is 23.7 Å². The summed E-state index contributed by atoms with van der Waals surface area (Å²) in [4.78, 5) is 14.8. The second-order valence-corrected chi connectivity index (χ2v) is 8.87. The molecule has 1 fully saturated rings. The zero-order valence-electron chi connectivity index (χ0n) is 15.8. The number of anilines is 1. The number of hydrogen-bond donors (Lipinski definition) is 0. The predicted octanol–water partition coefficient (Wildman–Crippen LogP) is 3.77. The molecule has 144 valence electrons. The van der Waals surface area contributed by atoms with Gasteiger partial charge in [0.2, 0.25) is 0 Å². The Labute approximate surface area is 161 Å². The Balaban J connectivity index is 1.80. The molecule has 1 saturated heterocycles. The molecule has 6 heteroatoms. The van der Waals surface area contributed by atoms with E-state index >= 15 is 0 Å². The van der Waals surface area contributed by atoms with E-state index in [1.807, 2.05) is 4.90 Å². The third-order valence-corrected chi connectivity index (χ3v) is 7.01. The number of hydrogen-bond acceptors (Lipinski definition) is 3. The molecule has 0 spiro atoms. The van der Waals surface area contributed by atoms with Gasteiger partial charge in [-0.1, -0.05) is 25.1 Å². The van der Waals surface area contributed by atoms with Crippen molar-refractivity contribution in [1.82, 2.24) is 4.90 Å². The van der Waals surface area contributed by atoms with Gasteiger partial charge in [-0.15, -0.1) is 0 Å². The molecule has 0 bridgehead atoms. The standard InChI is InChI=1S/C21H26N2O3S/c1-3-23(27(25,26)20-7-5-4-6-8-20)19-11-9-18(10-12-19)21(24)22-15-13-17(2)14-16-22/h4-12,17H,3,13-16H2,1-2H3. The first kappa shape index (κ1) is 19.4. The van der Waals surface area contributed by atoms with Crippen molar-refractivity contribution in [3.63, 3.8) is 0 Å². The first-order valence-electron chi connectivity index (χ1n) is 9.40. The van der Waals surface area contributed by atoms with Gasteiger partial charge in [0.05, 0.1) is 10.6 Å². The maximum atomic E-state index is 12.9. The fraction of sp³-hybridized carbons (Fsp3) is 0.381. The maximum Gasteiger partial charge on any atom is 0.264 e. The normalized spacial score (nSPS) is 15.6. The van der Waals surface area contributed by atoms with E-state index in [4.69, 9.17) is 0 Å². The lowest BCUT2D eigenvalue weighted by molar-refractivity contribution is 0.0697. The van der Waals surface area contributed by atoms with Crippen LogP contribution in [0.1, 0.15) is 37.0 Å². The van der Waals surface area contributed by atoms with E-state index in [0.717, 1.165) is 25.9 Å². The van der Waals surface area contributed by atoms with Crippen LogP contribution >= 0.6 is 0 Å². The van der Waals surface area contributed by atoms with E-state index in [1.165, 1.54) is 4.31 Å². The van der Waals surface area contributed by atoms with Crippen LogP contribution in [-0.2, 0) is 10.0 Å². The van der Waals surface area contributed by atoms with E-state index in [2.05, 4.69) is 6.92 Å². The van der Waals surface area contributed by atoms with Gasteiger partial charge in [0, 0.05) is 25.2 Å². The van der Waals surface area contributed by atoms with Crippen LogP contribution in [0.4, 0.5) is 5.69 Å². The highest BCUT2D eigenvalue weighted by Crippen LogP contribution is 2.25. The lowest BCUT2D eigenvalue weighted by Crippen LogP contribution is -2.38. The van der Waals surface area contributed by atoms with E-state index in [1.54, 1.807) is 61.5 Å². The Morgan fingerprint density at radius 2 is 1.63 bits per heavy atom. The number of rotatable bonds is 5. The molecule has 0 atom stereocenters. The third-order valence-electron chi connectivity index (χ3n) is 5.09. The van der Waals surface area contributed by atoms with Gasteiger partial charge < -0.3 is 4.90 Å². The Kier molecular flexibility index (Phi) is 5.85. The molecule has 2 aromatic carbocycles. The number of amides is 1. The van der Waals surface area contributed by atoms with Crippen LogP contribution in [0.15, 0.2) is 59.5 Å². The van der Waals surface area contributed by atoms with Gasteiger partial charge in [0.1, 0.15) is 0 Å². The number of sulfonamides is 1. The number of piperidine rings is 1. The molecule has 0 unspecified atom stereocenters. The van der Waals surface area contributed by atoms with Crippen LogP contribution < -0.4 is 4.31 Å². The maximum absolute atomic E-state index is 12.9. The third kappa shape index (κ3) is 4.16. The molecule has 2 aromatic rings. The van der Waals surface area contributed by atoms with Gasteiger partial charge >= 0.3 is 0 Å². The Morgan fingerprint density at radius 3 is 2.19 bits per heavy atom. The lowest BCUT2D eigenvalue weighted by Gasteiger charge is -2.30. The average Bonchev–Trinajstić information content (AvgIpc) is 2.69. The summed E-state index contributed by atoms with van der Waals surface area (Å²) in [6.45, 7) is 5.89. The quantitative estimate of drug-likeness (QED) is 0.786. The number of carbonyl (C=O) groups excluding carboxylic acids is 1. The van der Waals surface area contributed by atoms with Crippen molar-refractivity contribution in [2.45, 2.75) is 31.6 Å². The summed E-state index contributed by atoms with van der Waals surface area (Å²) >= 11 is 0. The minimum Gasteiger partial charge on any atom is -0.339 e. The topological polar surface area (TPSA) is 57.7 Å². The fourth-order valence-corrected chi connectivity index (χ4v) is 4.87. The molecule has 1 aliphatic heterocycles. The van der Waals surface area contributed by atoms with Crippen LogP contribution in [0.5, 0.6) is 0 Å². The highest BCUT2D eigenvalue weighted by Gasteiger charge is 2.25. The fourth-order valence-electron chi connectivity index (χ4n) is 3.38. The lowest BCUT2D eigenvalue weighted by atomic mass is 9.98. The van der Waals surface area contributed by atoms with E-state index in [-0.39, 0.29) is 10.8 Å². The van der Waals surface area contributed by atoms with Crippen LogP contribution in [0, 0.1) is 5.92 Å². The van der Waals surface area contributed by atoms with Crippen molar-refractivity contribution in [2.75, 3.05) is 23.9 Å². The van der Waals surface area contributed by atoms with Crippen molar-refractivity contribution in [3.05, 3.63) is 60.2 Å². The second-order valence-electron chi connectivity index (χ2n) is 7.00. The summed E-state index contributed by atoms with van der Waals surface area (Å²) in [5, 5.41) is 0. The predicted molar refractivity (Wildman–Crippen MR) is 107 cm³/mol. The molecule has 0 radical (unpaired) electrons. The summed E-state index contributed by atoms with van der Waals surface area (Å²) < 4.78 is 27.2. The molecule has 1 heterocycles. The zero-order chi connectivity index (χ0) is 19.4. The number of nitrogens with zero attached hydrogens (tertiary/aromatic N) is 2. The van der Waals surface area contributed by atoms with Crippen molar-refractivity contribution in [2.24, 2.45) is 5.92 Å². The van der Waals surface area contributed by atoms with Gasteiger partial charge in [-0.3, -0.25) is 9.10 Å². The minimum absolute atomic E-state index is 0.0161. The largest absolute Gasteiger partial charge is 0.339 e. The summed E-state index contributed by atoms with van der Waals surface area (Å²) in [6.07, 6.45) is 2.06. The highest BCUT2D eigenvalue weighted by atomic mass is 32.2. The molecule has 5 nitrogen and oxygen atoms in total. The molecule has 27 heavy (non-hydrogen) atoms. The highest BCUT2D eigenvalue weighted by molar-refractivity contribution is 7.92. The van der Waals surface area contributed by atoms with Crippen molar-refractivity contribution < 1.29 is 13.2 Å². The number of benzene rings is 2. The Bertz CT molecular complexity index is 871. The average molecular weight is 387 g/mol. The summed E-state index contributed by atoms with van der Waals surface area (Å²) in [5.41, 5.74) is 1.16. The van der Waals surface area contributed by atoms with Gasteiger partial charge in [-0.2, -0.15) is 0 Å². The second kappa shape index (κ2) is 8.13. The molecule has 1 aliphatic rings.